The fraction of sp³-hybridized carbons (Fsp3) is 0.333. The number of hydrogen-bond donors (Lipinski definition) is 3. The van der Waals surface area contributed by atoms with Gasteiger partial charge in [-0.25, -0.2) is 0 Å². The Bertz CT molecular complexity index is 791. The number of carbonyl (C=O) groups excluding carboxylic acids is 2. The smallest absolute Gasteiger partial charge is 0.325 e. The zero-order valence-electron chi connectivity index (χ0n) is 14.8. The molecule has 0 radical (unpaired) electrons. The van der Waals surface area contributed by atoms with Gasteiger partial charge in [-0.2, -0.15) is 0 Å². The molecule has 0 fully saturated rings. The van der Waals surface area contributed by atoms with Gasteiger partial charge in [0.1, 0.15) is 11.8 Å². The van der Waals surface area contributed by atoms with Crippen LogP contribution >= 0.6 is 0 Å². The zero-order valence-corrected chi connectivity index (χ0v) is 14.8. The third kappa shape index (κ3) is 4.92. The van der Waals surface area contributed by atoms with E-state index in [2.05, 4.69) is 15.8 Å². The summed E-state index contributed by atoms with van der Waals surface area (Å²) in [6.07, 6.45) is 0.807. The summed E-state index contributed by atoms with van der Waals surface area (Å²) in [5, 5.41) is 17.8. The average molecular weight is 359 g/mol. The van der Waals surface area contributed by atoms with Gasteiger partial charge in [0.15, 0.2) is 0 Å². The second kappa shape index (κ2) is 8.28. The predicted molar refractivity (Wildman–Crippen MR) is 93.9 cm³/mol. The van der Waals surface area contributed by atoms with Crippen molar-refractivity contribution in [1.29, 1.82) is 0 Å². The number of benzene rings is 1. The van der Waals surface area contributed by atoms with Crippen LogP contribution in [-0.2, 0) is 16.0 Å². The normalized spacial score (nSPS) is 11.7. The van der Waals surface area contributed by atoms with E-state index in [1.165, 1.54) is 19.1 Å². The Balaban J connectivity index is 1.89. The molecular weight excluding hydrogens is 338 g/mol. The number of anilines is 1. The summed E-state index contributed by atoms with van der Waals surface area (Å²) in [6.45, 7) is 5.02. The summed E-state index contributed by atoms with van der Waals surface area (Å²) >= 11 is 0. The van der Waals surface area contributed by atoms with Gasteiger partial charge in [0, 0.05) is 23.2 Å². The lowest BCUT2D eigenvalue weighted by Gasteiger charge is -2.10. The third-order valence-electron chi connectivity index (χ3n) is 3.93. The van der Waals surface area contributed by atoms with Crippen LogP contribution in [-0.4, -0.2) is 34.1 Å². The molecule has 0 saturated carbocycles. The Labute approximate surface area is 150 Å². The number of amides is 2. The molecule has 0 aliphatic heterocycles. The van der Waals surface area contributed by atoms with Gasteiger partial charge in [-0.1, -0.05) is 5.16 Å². The Kier molecular flexibility index (Phi) is 6.11. The third-order valence-corrected chi connectivity index (χ3v) is 3.93. The molecule has 3 N–H and O–H groups in total. The number of hydrogen-bond acceptors (Lipinski definition) is 5. The fourth-order valence-corrected chi connectivity index (χ4v) is 2.37. The van der Waals surface area contributed by atoms with Crippen molar-refractivity contribution in [3.8, 4) is 0 Å². The molecule has 8 heteroatoms. The first kappa shape index (κ1) is 19.2. The van der Waals surface area contributed by atoms with Crippen molar-refractivity contribution in [2.24, 2.45) is 0 Å². The number of carbonyl (C=O) groups is 3. The lowest BCUT2D eigenvalue weighted by atomic mass is 10.1. The van der Waals surface area contributed by atoms with Gasteiger partial charge in [-0.15, -0.1) is 0 Å². The summed E-state index contributed by atoms with van der Waals surface area (Å²) in [5.41, 5.74) is 2.57. The topological polar surface area (TPSA) is 122 Å². The van der Waals surface area contributed by atoms with Crippen molar-refractivity contribution in [2.75, 3.05) is 5.32 Å². The first-order valence-corrected chi connectivity index (χ1v) is 8.13. The highest BCUT2D eigenvalue weighted by Gasteiger charge is 2.15. The molecule has 138 valence electrons. The molecule has 0 aliphatic carbocycles. The Morgan fingerprint density at radius 1 is 1.19 bits per heavy atom. The molecule has 0 saturated heterocycles. The summed E-state index contributed by atoms with van der Waals surface area (Å²) in [4.78, 5) is 34.7. The molecule has 1 heterocycles. The molecule has 1 aromatic heterocycles. The molecule has 0 spiro atoms. The van der Waals surface area contributed by atoms with Crippen molar-refractivity contribution in [3.05, 3.63) is 46.8 Å². The van der Waals surface area contributed by atoms with E-state index in [1.54, 1.807) is 12.1 Å². The van der Waals surface area contributed by atoms with Crippen molar-refractivity contribution < 1.29 is 24.0 Å². The van der Waals surface area contributed by atoms with Crippen LogP contribution in [0.4, 0.5) is 5.69 Å². The van der Waals surface area contributed by atoms with E-state index in [-0.39, 0.29) is 12.3 Å². The minimum absolute atomic E-state index is 0.165. The van der Waals surface area contributed by atoms with Crippen molar-refractivity contribution >= 4 is 23.5 Å². The van der Waals surface area contributed by atoms with Crippen molar-refractivity contribution in [3.63, 3.8) is 0 Å². The maximum Gasteiger partial charge on any atom is 0.325 e. The van der Waals surface area contributed by atoms with Crippen LogP contribution in [0, 0.1) is 13.8 Å². The van der Waals surface area contributed by atoms with Crippen molar-refractivity contribution in [2.45, 2.75) is 39.7 Å². The summed E-state index contributed by atoms with van der Waals surface area (Å²) in [5.74, 6) is -1.06. The van der Waals surface area contributed by atoms with Crippen molar-refractivity contribution in [1.82, 2.24) is 10.5 Å². The van der Waals surface area contributed by atoms with E-state index in [0.717, 1.165) is 11.3 Å². The SMILES string of the molecule is Cc1noc(C)c1CCC(=O)Nc1ccc(C(=O)NC(C)C(=O)O)cc1. The maximum atomic E-state index is 12.1. The van der Waals surface area contributed by atoms with Gasteiger partial charge in [-0.3, -0.25) is 14.4 Å². The largest absolute Gasteiger partial charge is 0.480 e. The molecule has 2 amide bonds. The second-order valence-corrected chi connectivity index (χ2v) is 5.96. The standard InChI is InChI=1S/C18H21N3O5/c1-10-15(12(3)26-21-10)8-9-16(22)20-14-6-4-13(5-7-14)17(23)19-11(2)18(24)25/h4-7,11H,8-9H2,1-3H3,(H,19,23)(H,20,22)(H,24,25). The van der Waals surface area contributed by atoms with E-state index in [9.17, 15) is 14.4 Å². The van der Waals surface area contributed by atoms with Crippen LogP contribution in [0.2, 0.25) is 0 Å². The highest BCUT2D eigenvalue weighted by atomic mass is 16.5. The van der Waals surface area contributed by atoms with E-state index in [0.29, 0.717) is 23.4 Å². The van der Waals surface area contributed by atoms with Gasteiger partial charge in [0.2, 0.25) is 5.91 Å². The van der Waals surface area contributed by atoms with E-state index >= 15 is 0 Å². The first-order chi connectivity index (χ1) is 12.3. The van der Waals surface area contributed by atoms with Gasteiger partial charge >= 0.3 is 5.97 Å². The fourth-order valence-electron chi connectivity index (χ4n) is 2.37. The van der Waals surface area contributed by atoms with Crippen LogP contribution in [0.25, 0.3) is 0 Å². The van der Waals surface area contributed by atoms with Crippen LogP contribution in [0.5, 0.6) is 0 Å². The minimum atomic E-state index is -1.11. The molecule has 1 unspecified atom stereocenters. The molecule has 0 aliphatic rings. The molecule has 0 bridgehead atoms. The molecular formula is C18H21N3O5. The monoisotopic (exact) mass is 359 g/mol. The number of rotatable bonds is 7. The summed E-state index contributed by atoms with van der Waals surface area (Å²) in [6, 6.07) is 5.25. The lowest BCUT2D eigenvalue weighted by molar-refractivity contribution is -0.138. The molecule has 2 rings (SSSR count). The maximum absolute atomic E-state index is 12.1. The number of carboxylic acid groups (broad SMARTS) is 1. The van der Waals surface area contributed by atoms with Gasteiger partial charge in [0.25, 0.3) is 5.91 Å². The van der Waals surface area contributed by atoms with Crippen LogP contribution in [0.1, 0.15) is 40.7 Å². The zero-order chi connectivity index (χ0) is 19.3. The van der Waals surface area contributed by atoms with Crippen LogP contribution in [0.15, 0.2) is 28.8 Å². The van der Waals surface area contributed by atoms with E-state index in [1.807, 2.05) is 13.8 Å². The number of aliphatic carboxylic acids is 1. The van der Waals surface area contributed by atoms with Gasteiger partial charge in [-0.05, 0) is 51.5 Å². The number of aromatic nitrogens is 1. The molecule has 2 aromatic rings. The molecule has 1 atom stereocenters. The lowest BCUT2D eigenvalue weighted by Crippen LogP contribution is -2.38. The minimum Gasteiger partial charge on any atom is -0.480 e. The number of aryl methyl sites for hydroxylation is 2. The molecule has 26 heavy (non-hydrogen) atoms. The van der Waals surface area contributed by atoms with Crippen LogP contribution in [0.3, 0.4) is 0 Å². The Hall–Kier alpha value is -3.16. The molecule has 1 aromatic carbocycles. The van der Waals surface area contributed by atoms with Crippen LogP contribution < -0.4 is 10.6 Å². The quantitative estimate of drug-likeness (QED) is 0.696. The van der Waals surface area contributed by atoms with Gasteiger partial charge in [0.05, 0.1) is 5.69 Å². The van der Waals surface area contributed by atoms with E-state index < -0.39 is 17.9 Å². The Morgan fingerprint density at radius 2 is 1.85 bits per heavy atom. The Morgan fingerprint density at radius 3 is 2.38 bits per heavy atom. The highest BCUT2D eigenvalue weighted by Crippen LogP contribution is 2.15. The van der Waals surface area contributed by atoms with Gasteiger partial charge < -0.3 is 20.3 Å². The number of nitrogens with zero attached hydrogens (tertiary/aromatic N) is 1. The average Bonchev–Trinajstić information content (AvgIpc) is 2.91. The second-order valence-electron chi connectivity index (χ2n) is 5.96. The predicted octanol–water partition coefficient (Wildman–Crippen LogP) is 2.07. The number of nitrogens with one attached hydrogen (secondary N) is 2. The highest BCUT2D eigenvalue weighted by molar-refractivity contribution is 5.97. The summed E-state index contributed by atoms with van der Waals surface area (Å²) < 4.78 is 5.07. The first-order valence-electron chi connectivity index (χ1n) is 8.13. The molecule has 8 nitrogen and oxygen atoms in total. The number of carboxylic acids is 1. The van der Waals surface area contributed by atoms with E-state index in [4.69, 9.17) is 9.63 Å². The summed E-state index contributed by atoms with van der Waals surface area (Å²) in [7, 11) is 0.